The van der Waals surface area contributed by atoms with E-state index in [1.807, 2.05) is 24.3 Å². The van der Waals surface area contributed by atoms with Gasteiger partial charge in [-0.1, -0.05) is 12.1 Å². The third kappa shape index (κ3) is 3.41. The molecule has 0 spiro atoms. The highest BCUT2D eigenvalue weighted by atomic mass is 16.7. The summed E-state index contributed by atoms with van der Waals surface area (Å²) in [6.07, 6.45) is -0.288. The van der Waals surface area contributed by atoms with Crippen molar-refractivity contribution >= 4 is 5.69 Å². The van der Waals surface area contributed by atoms with Gasteiger partial charge in [0.15, 0.2) is 6.29 Å². The molecule has 1 fully saturated rings. The van der Waals surface area contributed by atoms with Gasteiger partial charge >= 0.3 is 0 Å². The van der Waals surface area contributed by atoms with Crippen LogP contribution in [0.1, 0.15) is 17.4 Å². The van der Waals surface area contributed by atoms with Crippen molar-refractivity contribution in [3.05, 3.63) is 69.8 Å². The zero-order valence-electron chi connectivity index (χ0n) is 11.8. The maximum absolute atomic E-state index is 10.6. The summed E-state index contributed by atoms with van der Waals surface area (Å²) in [4.78, 5) is 10.2. The van der Waals surface area contributed by atoms with Gasteiger partial charge in [0.2, 0.25) is 0 Å². The molecular weight excluding hydrogens is 286 g/mol. The van der Waals surface area contributed by atoms with E-state index in [2.05, 4.69) is 0 Å². The minimum Gasteiger partial charge on any atom is -0.489 e. The molecule has 0 aliphatic carbocycles. The third-order valence-corrected chi connectivity index (χ3v) is 3.33. The van der Waals surface area contributed by atoms with Crippen LogP contribution in [0.15, 0.2) is 48.5 Å². The minimum absolute atomic E-state index is 0.0738. The highest BCUT2D eigenvalue weighted by molar-refractivity contribution is 5.33. The van der Waals surface area contributed by atoms with Crippen molar-refractivity contribution in [1.29, 1.82) is 0 Å². The summed E-state index contributed by atoms with van der Waals surface area (Å²) >= 11 is 0. The Kier molecular flexibility index (Phi) is 4.32. The molecular formula is C16H15NO5. The van der Waals surface area contributed by atoms with Gasteiger partial charge in [0.05, 0.1) is 18.1 Å². The monoisotopic (exact) mass is 301 g/mol. The predicted octanol–water partition coefficient (Wildman–Crippen LogP) is 3.22. The minimum atomic E-state index is -0.420. The standard InChI is InChI=1S/C16H15NO5/c18-17(19)14-5-1-12(2-6-14)11-22-15-7-3-13(4-8-15)16-20-9-10-21-16/h1-8,16H,9-11H2. The number of hydrogen-bond acceptors (Lipinski definition) is 5. The number of nitrogens with zero attached hydrogens (tertiary/aromatic N) is 1. The van der Waals surface area contributed by atoms with Gasteiger partial charge in [-0.15, -0.1) is 0 Å². The molecule has 1 aliphatic heterocycles. The second kappa shape index (κ2) is 6.55. The Morgan fingerprint density at radius 3 is 2.27 bits per heavy atom. The summed E-state index contributed by atoms with van der Waals surface area (Å²) in [5, 5.41) is 10.6. The first-order valence-corrected chi connectivity index (χ1v) is 6.92. The van der Waals surface area contributed by atoms with Crippen LogP contribution >= 0.6 is 0 Å². The van der Waals surface area contributed by atoms with Gasteiger partial charge in [0, 0.05) is 17.7 Å². The average Bonchev–Trinajstić information content (AvgIpc) is 3.08. The number of hydrogen-bond donors (Lipinski definition) is 0. The Morgan fingerprint density at radius 1 is 1.05 bits per heavy atom. The van der Waals surface area contributed by atoms with Crippen LogP contribution in [0.5, 0.6) is 5.75 Å². The summed E-state index contributed by atoms with van der Waals surface area (Å²) in [5.74, 6) is 0.722. The summed E-state index contributed by atoms with van der Waals surface area (Å²) in [6.45, 7) is 1.58. The zero-order valence-corrected chi connectivity index (χ0v) is 11.8. The van der Waals surface area contributed by atoms with E-state index in [9.17, 15) is 10.1 Å². The quantitative estimate of drug-likeness (QED) is 0.626. The van der Waals surface area contributed by atoms with Gasteiger partial charge in [-0.05, 0) is 29.8 Å². The van der Waals surface area contributed by atoms with Crippen LogP contribution in [0.25, 0.3) is 0 Å². The van der Waals surface area contributed by atoms with E-state index < -0.39 is 4.92 Å². The Labute approximate surface area is 127 Å². The van der Waals surface area contributed by atoms with Crippen molar-refractivity contribution < 1.29 is 19.1 Å². The zero-order chi connectivity index (χ0) is 15.4. The van der Waals surface area contributed by atoms with Crippen LogP contribution in [0.4, 0.5) is 5.69 Å². The number of nitro benzene ring substituents is 1. The maximum Gasteiger partial charge on any atom is 0.269 e. The number of non-ortho nitro benzene ring substituents is 1. The van der Waals surface area contributed by atoms with Gasteiger partial charge in [-0.25, -0.2) is 0 Å². The molecule has 114 valence electrons. The van der Waals surface area contributed by atoms with Crippen LogP contribution in [0.3, 0.4) is 0 Å². The first-order valence-electron chi connectivity index (χ1n) is 6.92. The topological polar surface area (TPSA) is 70.8 Å². The summed E-state index contributed by atoms with van der Waals surface area (Å²) in [6, 6.07) is 13.8. The molecule has 3 rings (SSSR count). The first kappa shape index (κ1) is 14.5. The maximum atomic E-state index is 10.6. The van der Waals surface area contributed by atoms with Gasteiger partial charge in [-0.3, -0.25) is 10.1 Å². The van der Waals surface area contributed by atoms with E-state index in [4.69, 9.17) is 14.2 Å². The Balaban J connectivity index is 1.57. The molecule has 0 bridgehead atoms. The van der Waals surface area contributed by atoms with E-state index >= 15 is 0 Å². The van der Waals surface area contributed by atoms with Gasteiger partial charge in [-0.2, -0.15) is 0 Å². The summed E-state index contributed by atoms with van der Waals surface area (Å²) < 4.78 is 16.5. The highest BCUT2D eigenvalue weighted by Gasteiger charge is 2.17. The molecule has 6 nitrogen and oxygen atoms in total. The molecule has 0 saturated carbocycles. The molecule has 1 heterocycles. The van der Waals surface area contributed by atoms with Gasteiger partial charge < -0.3 is 14.2 Å². The number of nitro groups is 1. The fourth-order valence-electron chi connectivity index (χ4n) is 2.15. The largest absolute Gasteiger partial charge is 0.489 e. The Morgan fingerprint density at radius 2 is 1.68 bits per heavy atom. The van der Waals surface area contributed by atoms with Crippen LogP contribution in [0.2, 0.25) is 0 Å². The second-order valence-electron chi connectivity index (χ2n) is 4.85. The molecule has 22 heavy (non-hydrogen) atoms. The molecule has 2 aromatic carbocycles. The van der Waals surface area contributed by atoms with Gasteiger partial charge in [0.25, 0.3) is 5.69 Å². The Bertz CT molecular complexity index is 633. The lowest BCUT2D eigenvalue weighted by Gasteiger charge is -2.11. The van der Waals surface area contributed by atoms with E-state index in [0.717, 1.165) is 16.9 Å². The lowest BCUT2D eigenvalue weighted by atomic mass is 10.2. The van der Waals surface area contributed by atoms with E-state index in [0.29, 0.717) is 19.8 Å². The van der Waals surface area contributed by atoms with Crippen molar-refractivity contribution in [3.63, 3.8) is 0 Å². The normalized spacial score (nSPS) is 14.9. The number of rotatable bonds is 5. The molecule has 0 N–H and O–H groups in total. The molecule has 0 radical (unpaired) electrons. The fourth-order valence-corrected chi connectivity index (χ4v) is 2.15. The van der Waals surface area contributed by atoms with Crippen molar-refractivity contribution in [2.75, 3.05) is 13.2 Å². The Hall–Kier alpha value is -2.44. The molecule has 0 aromatic heterocycles. The molecule has 1 aliphatic rings. The van der Waals surface area contributed by atoms with Crippen LogP contribution < -0.4 is 4.74 Å². The van der Waals surface area contributed by atoms with Crippen molar-refractivity contribution in [2.24, 2.45) is 0 Å². The second-order valence-corrected chi connectivity index (χ2v) is 4.85. The first-order chi connectivity index (χ1) is 10.7. The van der Waals surface area contributed by atoms with E-state index in [-0.39, 0.29) is 12.0 Å². The fraction of sp³-hybridized carbons (Fsp3) is 0.250. The summed E-state index contributed by atoms with van der Waals surface area (Å²) in [7, 11) is 0. The highest BCUT2D eigenvalue weighted by Crippen LogP contribution is 2.25. The molecule has 0 unspecified atom stereocenters. The smallest absolute Gasteiger partial charge is 0.269 e. The molecule has 1 saturated heterocycles. The molecule has 6 heteroatoms. The van der Waals surface area contributed by atoms with Crippen LogP contribution in [0, 0.1) is 10.1 Å². The van der Waals surface area contributed by atoms with Crippen molar-refractivity contribution in [3.8, 4) is 5.75 Å². The predicted molar refractivity (Wildman–Crippen MR) is 78.5 cm³/mol. The molecule has 0 atom stereocenters. The average molecular weight is 301 g/mol. The third-order valence-electron chi connectivity index (χ3n) is 3.33. The SMILES string of the molecule is O=[N+]([O-])c1ccc(COc2ccc(C3OCCO3)cc2)cc1. The summed E-state index contributed by atoms with van der Waals surface area (Å²) in [5.41, 5.74) is 1.90. The van der Waals surface area contributed by atoms with E-state index in [1.54, 1.807) is 12.1 Å². The van der Waals surface area contributed by atoms with Gasteiger partial charge in [0.1, 0.15) is 12.4 Å². The molecule has 0 amide bonds. The molecule has 2 aromatic rings. The van der Waals surface area contributed by atoms with Crippen molar-refractivity contribution in [2.45, 2.75) is 12.9 Å². The number of ether oxygens (including phenoxy) is 3. The lowest BCUT2D eigenvalue weighted by molar-refractivity contribution is -0.384. The number of benzene rings is 2. The van der Waals surface area contributed by atoms with Crippen molar-refractivity contribution in [1.82, 2.24) is 0 Å². The van der Waals surface area contributed by atoms with Crippen LogP contribution in [-0.4, -0.2) is 18.1 Å². The van der Waals surface area contributed by atoms with E-state index in [1.165, 1.54) is 12.1 Å². The lowest BCUT2D eigenvalue weighted by Crippen LogP contribution is -1.99. The van der Waals surface area contributed by atoms with Crippen LogP contribution in [-0.2, 0) is 16.1 Å².